The molecular weight excluding hydrogens is 265 g/mol. The molecule has 0 aliphatic rings. The maximum atomic E-state index is 13.3. The second-order valence-corrected chi connectivity index (χ2v) is 3.99. The Morgan fingerprint density at radius 1 is 1.60 bits per heavy atom. The summed E-state index contributed by atoms with van der Waals surface area (Å²) in [5.41, 5.74) is 0.000301. The van der Waals surface area contributed by atoms with Crippen LogP contribution < -0.4 is 0 Å². The van der Waals surface area contributed by atoms with E-state index < -0.39 is 11.7 Å². The Kier molecular flexibility index (Phi) is 4.23. The first-order valence-electron chi connectivity index (χ1n) is 4.37. The first kappa shape index (κ1) is 12.1. The van der Waals surface area contributed by atoms with Crippen LogP contribution >= 0.6 is 15.9 Å². The Bertz CT molecular complexity index is 370. The van der Waals surface area contributed by atoms with Crippen LogP contribution in [0.2, 0.25) is 0 Å². The summed E-state index contributed by atoms with van der Waals surface area (Å²) in [6, 6.07) is 4.17. The van der Waals surface area contributed by atoms with Crippen LogP contribution in [-0.4, -0.2) is 36.1 Å². The maximum absolute atomic E-state index is 13.3. The van der Waals surface area contributed by atoms with Crippen molar-refractivity contribution in [3.8, 4) is 0 Å². The zero-order valence-electron chi connectivity index (χ0n) is 8.20. The molecule has 0 radical (unpaired) electrons. The molecule has 0 aromatic heterocycles. The number of halogens is 2. The Labute approximate surface area is 95.6 Å². The highest BCUT2D eigenvalue weighted by Gasteiger charge is 2.15. The number of amides is 1. The van der Waals surface area contributed by atoms with E-state index in [4.69, 9.17) is 5.11 Å². The fourth-order valence-electron chi connectivity index (χ4n) is 1.12. The molecule has 0 saturated heterocycles. The number of aliphatic hydroxyl groups is 1. The smallest absolute Gasteiger partial charge is 0.256 e. The number of hydrogen-bond donors (Lipinski definition) is 1. The van der Waals surface area contributed by atoms with Crippen LogP contribution in [0, 0.1) is 5.82 Å². The lowest BCUT2D eigenvalue weighted by Crippen LogP contribution is -2.30. The van der Waals surface area contributed by atoms with Gasteiger partial charge >= 0.3 is 0 Å². The van der Waals surface area contributed by atoms with Crippen molar-refractivity contribution >= 4 is 21.8 Å². The fraction of sp³-hybridized carbons (Fsp3) is 0.300. The summed E-state index contributed by atoms with van der Waals surface area (Å²) >= 11 is 3.17. The first-order valence-corrected chi connectivity index (χ1v) is 5.17. The summed E-state index contributed by atoms with van der Waals surface area (Å²) in [7, 11) is 1.51. The van der Waals surface area contributed by atoms with Crippen molar-refractivity contribution in [2.75, 3.05) is 20.2 Å². The molecule has 82 valence electrons. The monoisotopic (exact) mass is 275 g/mol. The van der Waals surface area contributed by atoms with E-state index in [2.05, 4.69) is 15.9 Å². The third-order valence-electron chi connectivity index (χ3n) is 1.94. The van der Waals surface area contributed by atoms with Gasteiger partial charge in [-0.15, -0.1) is 0 Å². The van der Waals surface area contributed by atoms with Crippen molar-refractivity contribution in [1.29, 1.82) is 0 Å². The molecule has 3 nitrogen and oxygen atoms in total. The van der Waals surface area contributed by atoms with E-state index in [0.29, 0.717) is 4.47 Å². The topological polar surface area (TPSA) is 40.5 Å². The zero-order chi connectivity index (χ0) is 11.4. The highest BCUT2D eigenvalue weighted by molar-refractivity contribution is 9.10. The van der Waals surface area contributed by atoms with Gasteiger partial charge in [0.15, 0.2) is 0 Å². The molecule has 1 aromatic rings. The van der Waals surface area contributed by atoms with Gasteiger partial charge in [0.2, 0.25) is 0 Å². The van der Waals surface area contributed by atoms with Crippen molar-refractivity contribution in [3.63, 3.8) is 0 Å². The van der Waals surface area contributed by atoms with Gasteiger partial charge in [-0.1, -0.05) is 15.9 Å². The average Bonchev–Trinajstić information content (AvgIpc) is 2.21. The standard InChI is InChI=1S/C10H11BrFNO2/c1-13(4-5-14)10(15)8-6-7(11)2-3-9(8)12/h2-3,6,14H,4-5H2,1H3. The molecule has 0 unspecified atom stereocenters. The van der Waals surface area contributed by atoms with E-state index in [1.54, 1.807) is 0 Å². The predicted octanol–water partition coefficient (Wildman–Crippen LogP) is 1.65. The van der Waals surface area contributed by atoms with Gasteiger partial charge in [-0.25, -0.2) is 4.39 Å². The number of carbonyl (C=O) groups excluding carboxylic acids is 1. The van der Waals surface area contributed by atoms with Gasteiger partial charge in [0.05, 0.1) is 12.2 Å². The fourth-order valence-corrected chi connectivity index (χ4v) is 1.48. The van der Waals surface area contributed by atoms with E-state index in [0.717, 1.165) is 0 Å². The van der Waals surface area contributed by atoms with Gasteiger partial charge in [-0.05, 0) is 18.2 Å². The molecule has 0 atom stereocenters. The SMILES string of the molecule is CN(CCO)C(=O)c1cc(Br)ccc1F. The molecular formula is C10H11BrFNO2. The Hall–Kier alpha value is -0.940. The summed E-state index contributed by atoms with van der Waals surface area (Å²) in [5.74, 6) is -1.00. The van der Waals surface area contributed by atoms with Crippen molar-refractivity contribution in [1.82, 2.24) is 4.90 Å². The van der Waals surface area contributed by atoms with E-state index in [1.807, 2.05) is 0 Å². The highest BCUT2D eigenvalue weighted by atomic mass is 79.9. The molecule has 1 amide bonds. The lowest BCUT2D eigenvalue weighted by Gasteiger charge is -2.16. The van der Waals surface area contributed by atoms with Crippen LogP contribution in [0.15, 0.2) is 22.7 Å². The number of rotatable bonds is 3. The summed E-state index contributed by atoms with van der Waals surface area (Å²) in [6.07, 6.45) is 0. The van der Waals surface area contributed by atoms with Crippen molar-refractivity contribution in [2.45, 2.75) is 0 Å². The second-order valence-electron chi connectivity index (χ2n) is 3.07. The third kappa shape index (κ3) is 3.00. The Balaban J connectivity index is 2.95. The largest absolute Gasteiger partial charge is 0.395 e. The first-order chi connectivity index (χ1) is 7.06. The number of benzene rings is 1. The van der Waals surface area contributed by atoms with Crippen molar-refractivity contribution in [3.05, 3.63) is 34.1 Å². The minimum Gasteiger partial charge on any atom is -0.395 e. The maximum Gasteiger partial charge on any atom is 0.256 e. The highest BCUT2D eigenvalue weighted by Crippen LogP contribution is 2.16. The molecule has 0 bridgehead atoms. The van der Waals surface area contributed by atoms with Gasteiger partial charge in [0.1, 0.15) is 5.82 Å². The Morgan fingerprint density at radius 3 is 2.87 bits per heavy atom. The summed E-state index contributed by atoms with van der Waals surface area (Å²) < 4.78 is 13.9. The van der Waals surface area contributed by atoms with Gasteiger partial charge in [0, 0.05) is 18.1 Å². The third-order valence-corrected chi connectivity index (χ3v) is 2.43. The molecule has 1 rings (SSSR count). The minimum absolute atomic E-state index is 0.000301. The number of hydrogen-bond acceptors (Lipinski definition) is 2. The summed E-state index contributed by atoms with van der Waals surface area (Å²) in [4.78, 5) is 12.9. The van der Waals surface area contributed by atoms with Crippen molar-refractivity contribution < 1.29 is 14.3 Å². The van der Waals surface area contributed by atoms with Crippen molar-refractivity contribution in [2.24, 2.45) is 0 Å². The molecule has 0 fully saturated rings. The average molecular weight is 276 g/mol. The van der Waals surface area contributed by atoms with Gasteiger partial charge in [-0.3, -0.25) is 4.79 Å². The van der Waals surface area contributed by atoms with Gasteiger partial charge in [0.25, 0.3) is 5.91 Å². The predicted molar refractivity (Wildman–Crippen MR) is 58.1 cm³/mol. The van der Waals surface area contributed by atoms with Crippen LogP contribution in [0.25, 0.3) is 0 Å². The molecule has 0 aliphatic carbocycles. The van der Waals surface area contributed by atoms with E-state index in [1.165, 1.54) is 30.1 Å². The zero-order valence-corrected chi connectivity index (χ0v) is 9.79. The van der Waals surface area contributed by atoms with E-state index in [9.17, 15) is 9.18 Å². The van der Waals surface area contributed by atoms with Crippen LogP contribution in [0.1, 0.15) is 10.4 Å². The molecule has 1 N–H and O–H groups in total. The normalized spacial score (nSPS) is 10.1. The second kappa shape index (κ2) is 5.23. The number of aliphatic hydroxyl groups excluding tert-OH is 1. The molecule has 0 aliphatic heterocycles. The Morgan fingerprint density at radius 2 is 2.27 bits per heavy atom. The van der Waals surface area contributed by atoms with Crippen LogP contribution in [0.4, 0.5) is 4.39 Å². The van der Waals surface area contributed by atoms with E-state index >= 15 is 0 Å². The number of likely N-dealkylation sites (N-methyl/N-ethyl adjacent to an activating group) is 1. The molecule has 5 heteroatoms. The lowest BCUT2D eigenvalue weighted by molar-refractivity contribution is 0.0762. The number of carbonyl (C=O) groups is 1. The molecule has 1 aromatic carbocycles. The molecule has 0 saturated carbocycles. The molecule has 0 heterocycles. The molecule has 15 heavy (non-hydrogen) atoms. The molecule has 0 spiro atoms. The minimum atomic E-state index is -0.562. The van der Waals surface area contributed by atoms with E-state index in [-0.39, 0.29) is 18.7 Å². The van der Waals surface area contributed by atoms with Gasteiger partial charge in [-0.2, -0.15) is 0 Å². The number of nitrogens with zero attached hydrogens (tertiary/aromatic N) is 1. The van der Waals surface area contributed by atoms with Crippen LogP contribution in [0.3, 0.4) is 0 Å². The summed E-state index contributed by atoms with van der Waals surface area (Å²) in [6.45, 7) is 0.0443. The summed E-state index contributed by atoms with van der Waals surface area (Å²) in [5, 5.41) is 8.66. The quantitative estimate of drug-likeness (QED) is 0.912. The van der Waals surface area contributed by atoms with Gasteiger partial charge < -0.3 is 10.0 Å². The van der Waals surface area contributed by atoms with Crippen LogP contribution in [0.5, 0.6) is 0 Å². The van der Waals surface area contributed by atoms with Crippen LogP contribution in [-0.2, 0) is 0 Å². The lowest BCUT2D eigenvalue weighted by atomic mass is 10.2.